The van der Waals surface area contributed by atoms with Crippen LogP contribution in [-0.2, 0) is 5.79 Å². The molecular formula is C14H14O2. The lowest BCUT2D eigenvalue weighted by Crippen LogP contribution is -2.27. The second-order valence-electron chi connectivity index (χ2n) is 3.85. The van der Waals surface area contributed by atoms with E-state index in [4.69, 9.17) is 0 Å². The highest BCUT2D eigenvalue weighted by atomic mass is 16.5. The summed E-state index contributed by atoms with van der Waals surface area (Å²) in [6.07, 6.45) is 0. The lowest BCUT2D eigenvalue weighted by atomic mass is 9.94. The maximum Gasteiger partial charge on any atom is 0.217 e. The van der Waals surface area contributed by atoms with Crippen LogP contribution in [0.25, 0.3) is 0 Å². The predicted molar refractivity (Wildman–Crippen MR) is 62.8 cm³/mol. The second kappa shape index (κ2) is 4.08. The van der Waals surface area contributed by atoms with Gasteiger partial charge in [0.1, 0.15) is 0 Å². The molecule has 0 aliphatic heterocycles. The summed E-state index contributed by atoms with van der Waals surface area (Å²) in [6, 6.07) is 16.1. The Morgan fingerprint density at radius 2 is 1.38 bits per heavy atom. The van der Waals surface area contributed by atoms with Gasteiger partial charge in [-0.05, 0) is 12.5 Å². The average Bonchev–Trinajstić information content (AvgIpc) is 2.30. The molecule has 0 saturated carbocycles. The molecule has 0 fully saturated rings. The van der Waals surface area contributed by atoms with E-state index in [0.29, 0.717) is 11.1 Å². The van der Waals surface area contributed by atoms with Gasteiger partial charge >= 0.3 is 0 Å². The van der Waals surface area contributed by atoms with Crippen LogP contribution in [0.3, 0.4) is 0 Å². The second-order valence-corrected chi connectivity index (χ2v) is 3.85. The van der Waals surface area contributed by atoms with Gasteiger partial charge in [-0.3, -0.25) is 0 Å². The molecule has 82 valence electrons. The third-order valence-electron chi connectivity index (χ3n) is 2.70. The van der Waals surface area contributed by atoms with Crippen LogP contribution in [0, 0.1) is 6.92 Å². The Hall–Kier alpha value is -1.64. The van der Waals surface area contributed by atoms with Crippen molar-refractivity contribution in [2.45, 2.75) is 12.7 Å². The summed E-state index contributed by atoms with van der Waals surface area (Å²) in [5, 5.41) is 20.4. The summed E-state index contributed by atoms with van der Waals surface area (Å²) in [5.74, 6) is -1.92. The van der Waals surface area contributed by atoms with E-state index >= 15 is 0 Å². The fourth-order valence-electron chi connectivity index (χ4n) is 1.79. The molecule has 2 heteroatoms. The van der Waals surface area contributed by atoms with E-state index in [1.165, 1.54) is 0 Å². The summed E-state index contributed by atoms with van der Waals surface area (Å²) in [5.41, 5.74) is 1.85. The summed E-state index contributed by atoms with van der Waals surface area (Å²) >= 11 is 0. The SMILES string of the molecule is Cc1ccccc1C(O)(O)c1ccccc1. The van der Waals surface area contributed by atoms with Crippen LogP contribution in [0.5, 0.6) is 0 Å². The Labute approximate surface area is 94.8 Å². The molecule has 2 nitrogen and oxygen atoms in total. The van der Waals surface area contributed by atoms with Crippen LogP contribution in [0.15, 0.2) is 54.6 Å². The van der Waals surface area contributed by atoms with Crippen molar-refractivity contribution in [1.82, 2.24) is 0 Å². The first-order chi connectivity index (χ1) is 7.62. The fourth-order valence-corrected chi connectivity index (χ4v) is 1.79. The molecule has 0 amide bonds. The zero-order valence-corrected chi connectivity index (χ0v) is 9.09. The molecule has 0 spiro atoms. The van der Waals surface area contributed by atoms with E-state index in [9.17, 15) is 10.2 Å². The van der Waals surface area contributed by atoms with Crippen molar-refractivity contribution in [2.24, 2.45) is 0 Å². The van der Waals surface area contributed by atoms with Crippen LogP contribution in [0.2, 0.25) is 0 Å². The molecule has 0 saturated heterocycles. The third kappa shape index (κ3) is 1.85. The van der Waals surface area contributed by atoms with Crippen molar-refractivity contribution in [3.63, 3.8) is 0 Å². The molecule has 0 aromatic heterocycles. The largest absolute Gasteiger partial charge is 0.358 e. The monoisotopic (exact) mass is 214 g/mol. The molecule has 0 unspecified atom stereocenters. The number of hydrogen-bond acceptors (Lipinski definition) is 2. The van der Waals surface area contributed by atoms with Gasteiger partial charge in [-0.2, -0.15) is 0 Å². The van der Waals surface area contributed by atoms with Gasteiger partial charge in [0.15, 0.2) is 0 Å². The Kier molecular flexibility index (Phi) is 2.77. The quantitative estimate of drug-likeness (QED) is 0.752. The summed E-state index contributed by atoms with van der Waals surface area (Å²) in [4.78, 5) is 0. The number of hydrogen-bond donors (Lipinski definition) is 2. The summed E-state index contributed by atoms with van der Waals surface area (Å²) < 4.78 is 0. The molecule has 16 heavy (non-hydrogen) atoms. The van der Waals surface area contributed by atoms with Gasteiger partial charge in [0.25, 0.3) is 0 Å². The van der Waals surface area contributed by atoms with Gasteiger partial charge in [0, 0.05) is 11.1 Å². The van der Waals surface area contributed by atoms with Crippen LogP contribution < -0.4 is 0 Å². The van der Waals surface area contributed by atoms with Gasteiger partial charge in [-0.15, -0.1) is 0 Å². The van der Waals surface area contributed by atoms with Gasteiger partial charge < -0.3 is 10.2 Å². The molecular weight excluding hydrogens is 200 g/mol. The van der Waals surface area contributed by atoms with Crippen LogP contribution in [0.4, 0.5) is 0 Å². The smallest absolute Gasteiger partial charge is 0.217 e. The molecule has 2 aromatic rings. The molecule has 2 N–H and O–H groups in total. The Morgan fingerprint density at radius 1 is 0.812 bits per heavy atom. The van der Waals surface area contributed by atoms with Crippen molar-refractivity contribution in [2.75, 3.05) is 0 Å². The molecule has 0 bridgehead atoms. The van der Waals surface area contributed by atoms with Crippen molar-refractivity contribution in [3.8, 4) is 0 Å². The minimum Gasteiger partial charge on any atom is -0.358 e. The van der Waals surface area contributed by atoms with Crippen molar-refractivity contribution in [1.29, 1.82) is 0 Å². The van der Waals surface area contributed by atoms with Gasteiger partial charge in [-0.1, -0.05) is 54.6 Å². The first-order valence-corrected chi connectivity index (χ1v) is 5.19. The number of aliphatic hydroxyl groups is 2. The van der Waals surface area contributed by atoms with E-state index in [1.54, 1.807) is 36.4 Å². The molecule has 0 atom stereocenters. The topological polar surface area (TPSA) is 40.5 Å². The van der Waals surface area contributed by atoms with Gasteiger partial charge in [-0.25, -0.2) is 0 Å². The Morgan fingerprint density at radius 3 is 2.00 bits per heavy atom. The number of aryl methyl sites for hydroxylation is 1. The highest BCUT2D eigenvalue weighted by Crippen LogP contribution is 2.28. The standard InChI is InChI=1S/C14H14O2/c1-11-7-5-6-10-13(11)14(15,16)12-8-3-2-4-9-12/h2-10,15-16H,1H3. The van der Waals surface area contributed by atoms with Crippen molar-refractivity contribution < 1.29 is 10.2 Å². The zero-order valence-electron chi connectivity index (χ0n) is 9.09. The molecule has 0 aliphatic rings. The highest BCUT2D eigenvalue weighted by molar-refractivity contribution is 5.37. The summed E-state index contributed by atoms with van der Waals surface area (Å²) in [6.45, 7) is 1.86. The number of rotatable bonds is 2. The number of benzene rings is 2. The molecule has 0 heterocycles. The van der Waals surface area contributed by atoms with Crippen molar-refractivity contribution >= 4 is 0 Å². The van der Waals surface area contributed by atoms with Crippen molar-refractivity contribution in [3.05, 3.63) is 71.3 Å². The first kappa shape index (κ1) is 10.9. The van der Waals surface area contributed by atoms with Gasteiger partial charge in [0.2, 0.25) is 5.79 Å². The highest BCUT2D eigenvalue weighted by Gasteiger charge is 2.29. The fraction of sp³-hybridized carbons (Fsp3) is 0.143. The molecule has 2 aromatic carbocycles. The minimum atomic E-state index is -1.92. The van der Waals surface area contributed by atoms with E-state index in [-0.39, 0.29) is 0 Å². The molecule has 0 aliphatic carbocycles. The van der Waals surface area contributed by atoms with E-state index in [1.807, 2.05) is 25.1 Å². The minimum absolute atomic E-state index is 0.476. The average molecular weight is 214 g/mol. The molecule has 2 rings (SSSR count). The lowest BCUT2D eigenvalue weighted by Gasteiger charge is -2.24. The maximum absolute atomic E-state index is 10.2. The Bertz CT molecular complexity index is 475. The van der Waals surface area contributed by atoms with Crippen LogP contribution in [-0.4, -0.2) is 10.2 Å². The zero-order chi connectivity index (χ0) is 11.6. The summed E-state index contributed by atoms with van der Waals surface area (Å²) in [7, 11) is 0. The lowest BCUT2D eigenvalue weighted by molar-refractivity contribution is -0.132. The van der Waals surface area contributed by atoms with Crippen LogP contribution in [0.1, 0.15) is 16.7 Å². The Balaban J connectivity index is 2.51. The first-order valence-electron chi connectivity index (χ1n) is 5.19. The predicted octanol–water partition coefficient (Wildman–Crippen LogP) is 2.18. The van der Waals surface area contributed by atoms with E-state index in [0.717, 1.165) is 5.56 Å². The normalized spacial score (nSPS) is 11.4. The van der Waals surface area contributed by atoms with E-state index < -0.39 is 5.79 Å². The molecule has 0 radical (unpaired) electrons. The van der Waals surface area contributed by atoms with E-state index in [2.05, 4.69) is 0 Å². The third-order valence-corrected chi connectivity index (χ3v) is 2.70. The maximum atomic E-state index is 10.2. The van der Waals surface area contributed by atoms with Crippen LogP contribution >= 0.6 is 0 Å². The van der Waals surface area contributed by atoms with Gasteiger partial charge in [0.05, 0.1) is 0 Å².